The van der Waals surface area contributed by atoms with Gasteiger partial charge in [-0.3, -0.25) is 9.79 Å². The van der Waals surface area contributed by atoms with Gasteiger partial charge >= 0.3 is 0 Å². The van der Waals surface area contributed by atoms with Gasteiger partial charge in [0.2, 0.25) is 0 Å². The highest BCUT2D eigenvalue weighted by molar-refractivity contribution is 6.38. The van der Waals surface area contributed by atoms with E-state index in [0.717, 1.165) is 48.9 Å². The van der Waals surface area contributed by atoms with Crippen molar-refractivity contribution in [3.8, 4) is 0 Å². The number of benzene rings is 3. The van der Waals surface area contributed by atoms with E-state index >= 15 is 0 Å². The lowest BCUT2D eigenvalue weighted by atomic mass is 9.86. The monoisotopic (exact) mass is 562 g/mol. The molecule has 3 aromatic carbocycles. The van der Waals surface area contributed by atoms with Gasteiger partial charge < -0.3 is 20.3 Å². The minimum absolute atomic E-state index is 0.0213. The predicted molar refractivity (Wildman–Crippen MR) is 172 cm³/mol. The van der Waals surface area contributed by atoms with Crippen LogP contribution in [-0.2, 0) is 10.2 Å². The van der Waals surface area contributed by atoms with Crippen LogP contribution in [0.25, 0.3) is 0 Å². The summed E-state index contributed by atoms with van der Waals surface area (Å²) in [7, 11) is 0. The Morgan fingerprint density at radius 1 is 0.976 bits per heavy atom. The summed E-state index contributed by atoms with van der Waals surface area (Å²) in [5.74, 6) is 0.984. The van der Waals surface area contributed by atoms with Crippen molar-refractivity contribution in [2.24, 2.45) is 15.1 Å². The lowest BCUT2D eigenvalue weighted by Crippen LogP contribution is -2.44. The summed E-state index contributed by atoms with van der Waals surface area (Å²) < 4.78 is 5.49. The first-order chi connectivity index (χ1) is 20.2. The van der Waals surface area contributed by atoms with E-state index < -0.39 is 0 Å². The molecular weight excluding hydrogens is 526 g/mol. The Kier molecular flexibility index (Phi) is 7.22. The second-order valence-corrected chi connectivity index (χ2v) is 11.7. The van der Waals surface area contributed by atoms with Crippen LogP contribution in [-0.4, -0.2) is 50.2 Å². The second kappa shape index (κ2) is 11.0. The number of fused-ring (bicyclic) bond motifs is 1. The molecule has 42 heavy (non-hydrogen) atoms. The molecule has 1 unspecified atom stereocenters. The maximum absolute atomic E-state index is 13.2. The van der Waals surface area contributed by atoms with E-state index in [1.165, 1.54) is 11.3 Å². The highest BCUT2D eigenvalue weighted by atomic mass is 16.5. The molecule has 9 nitrogen and oxygen atoms in total. The van der Waals surface area contributed by atoms with E-state index in [4.69, 9.17) is 14.8 Å². The van der Waals surface area contributed by atoms with E-state index in [0.29, 0.717) is 17.4 Å². The van der Waals surface area contributed by atoms with Crippen molar-refractivity contribution >= 4 is 46.7 Å². The zero-order valence-corrected chi connectivity index (χ0v) is 24.5. The molecule has 0 saturated carbocycles. The zero-order valence-electron chi connectivity index (χ0n) is 24.5. The molecule has 0 bridgehead atoms. The largest absolute Gasteiger partial charge is 0.378 e. The number of morpholine rings is 1. The number of anilines is 3. The summed E-state index contributed by atoms with van der Waals surface area (Å²) in [5, 5.41) is 11.5. The molecule has 1 amide bonds. The number of nitrogens with one attached hydrogen (secondary N) is 2. The standard InChI is InChI=1S/C33H35N7O2/c1-23-28(36-31(41)24-8-10-25(11-9-24)33(2,3)4)6-5-7-29(23)40-19-16-34-22-30(40)37-32(38-40)35-26-12-14-27(15-13-26)39-17-20-42-21-18-39/h5-16,19,22H,17-18,20-21H2,1-4H3,(H-,35,36,38,41)/p+1. The summed E-state index contributed by atoms with van der Waals surface area (Å²) in [6, 6.07) is 21.9. The summed E-state index contributed by atoms with van der Waals surface area (Å²) in [6.07, 6.45) is 5.35. The van der Waals surface area contributed by atoms with Gasteiger partial charge in [-0.15, -0.1) is 0 Å². The van der Waals surface area contributed by atoms with Crippen molar-refractivity contribution in [1.29, 1.82) is 0 Å². The molecule has 0 spiro atoms. The molecule has 0 aliphatic carbocycles. The molecule has 3 aromatic rings. The van der Waals surface area contributed by atoms with Gasteiger partial charge in [-0.05, 0) is 65.5 Å². The zero-order chi connectivity index (χ0) is 29.3. The number of amides is 1. The fraction of sp³-hybridized carbons (Fsp3) is 0.273. The van der Waals surface area contributed by atoms with Crippen LogP contribution in [0.15, 0.2) is 94.2 Å². The molecule has 214 valence electrons. The quantitative estimate of drug-likeness (QED) is 0.371. The normalized spacial score (nSPS) is 19.7. The average molecular weight is 563 g/mol. The number of carbonyl (C=O) groups excluding carboxylic acids is 1. The number of guanidine groups is 1. The van der Waals surface area contributed by atoms with Gasteiger partial charge in [-0.1, -0.05) is 43.6 Å². The molecule has 3 heterocycles. The highest BCUT2D eigenvalue weighted by Crippen LogP contribution is 2.37. The van der Waals surface area contributed by atoms with E-state index in [9.17, 15) is 4.79 Å². The molecule has 1 saturated heterocycles. The van der Waals surface area contributed by atoms with Crippen LogP contribution in [0.1, 0.15) is 42.3 Å². The van der Waals surface area contributed by atoms with Gasteiger partial charge in [0.05, 0.1) is 19.4 Å². The Hall–Kier alpha value is -4.60. The smallest absolute Gasteiger partial charge is 0.287 e. The van der Waals surface area contributed by atoms with Crippen LogP contribution < -0.4 is 20.1 Å². The molecule has 3 aliphatic heterocycles. The lowest BCUT2D eigenvalue weighted by Gasteiger charge is -2.28. The number of carbonyl (C=O) groups is 1. The fourth-order valence-corrected chi connectivity index (χ4v) is 5.34. The van der Waals surface area contributed by atoms with Crippen molar-refractivity contribution in [3.05, 3.63) is 95.8 Å². The number of hydrogen-bond acceptors (Lipinski definition) is 7. The van der Waals surface area contributed by atoms with Crippen LogP contribution in [0.2, 0.25) is 0 Å². The first kappa shape index (κ1) is 27.6. The maximum atomic E-state index is 13.2. The molecule has 3 aliphatic rings. The Bertz CT molecular complexity index is 1610. The third kappa shape index (κ3) is 5.36. The van der Waals surface area contributed by atoms with Crippen molar-refractivity contribution in [2.75, 3.05) is 41.8 Å². The summed E-state index contributed by atoms with van der Waals surface area (Å²) in [6.45, 7) is 11.7. The van der Waals surface area contributed by atoms with Gasteiger partial charge in [0.25, 0.3) is 17.7 Å². The summed E-state index contributed by atoms with van der Waals surface area (Å²) >= 11 is 0. The number of amidine groups is 1. The van der Waals surface area contributed by atoms with Gasteiger partial charge in [-0.2, -0.15) is 4.99 Å². The van der Waals surface area contributed by atoms with E-state index in [1.807, 2.05) is 67.7 Å². The van der Waals surface area contributed by atoms with Crippen LogP contribution in [0.5, 0.6) is 0 Å². The molecule has 1 fully saturated rings. The topological polar surface area (TPSA) is 90.7 Å². The molecule has 2 N–H and O–H groups in total. The van der Waals surface area contributed by atoms with E-state index in [1.54, 1.807) is 12.4 Å². The number of hydrogen-bond donors (Lipinski definition) is 2. The average Bonchev–Trinajstić information content (AvgIpc) is 3.37. The Morgan fingerprint density at radius 2 is 1.71 bits per heavy atom. The van der Waals surface area contributed by atoms with Crippen molar-refractivity contribution in [1.82, 2.24) is 4.59 Å². The second-order valence-electron chi connectivity index (χ2n) is 11.7. The highest BCUT2D eigenvalue weighted by Gasteiger charge is 2.44. The first-order valence-corrected chi connectivity index (χ1v) is 14.2. The maximum Gasteiger partial charge on any atom is 0.287 e. The van der Waals surface area contributed by atoms with Crippen LogP contribution in [0.4, 0.5) is 22.7 Å². The van der Waals surface area contributed by atoms with Crippen LogP contribution >= 0.6 is 0 Å². The van der Waals surface area contributed by atoms with Crippen molar-refractivity contribution in [2.45, 2.75) is 33.1 Å². The van der Waals surface area contributed by atoms with Gasteiger partial charge in [0.1, 0.15) is 6.21 Å². The third-order valence-corrected chi connectivity index (χ3v) is 7.81. The number of nitrogens with zero attached hydrogens (tertiary/aromatic N) is 5. The van der Waals surface area contributed by atoms with Gasteiger partial charge in [0, 0.05) is 47.3 Å². The fourth-order valence-electron chi connectivity index (χ4n) is 5.34. The Balaban J connectivity index is 1.24. The number of quaternary nitrogens is 1. The minimum Gasteiger partial charge on any atom is -0.378 e. The molecule has 0 radical (unpaired) electrons. The van der Waals surface area contributed by atoms with E-state index in [2.05, 4.69) is 53.4 Å². The van der Waals surface area contributed by atoms with E-state index in [-0.39, 0.29) is 15.9 Å². The molecule has 9 heteroatoms. The van der Waals surface area contributed by atoms with Crippen molar-refractivity contribution < 1.29 is 9.53 Å². The first-order valence-electron chi connectivity index (χ1n) is 14.2. The summed E-state index contributed by atoms with van der Waals surface area (Å²) in [5.41, 5.74) is 6.36. The molecule has 6 rings (SSSR count). The lowest BCUT2D eigenvalue weighted by molar-refractivity contribution is 0.102. The Labute approximate surface area is 246 Å². The Morgan fingerprint density at radius 3 is 2.43 bits per heavy atom. The van der Waals surface area contributed by atoms with Crippen molar-refractivity contribution in [3.63, 3.8) is 0 Å². The van der Waals surface area contributed by atoms with Crippen LogP contribution in [0, 0.1) is 6.92 Å². The molecule has 1 atom stereocenters. The SMILES string of the molecule is Cc1c(NC(=O)c2ccc(C(C)(C)C)cc2)cccc1[N+]12C=CN=CC1=NC(Nc1ccc(N3CCOCC3)cc1)=N2. The third-order valence-electron chi connectivity index (χ3n) is 7.81. The number of aliphatic imine (C=N–C) groups is 2. The molecular formula is C33H36N7O2+. The van der Waals surface area contributed by atoms with Gasteiger partial charge in [-0.25, -0.2) is 0 Å². The number of ether oxygens (including phenoxy) is 1. The molecule has 0 aromatic heterocycles. The van der Waals surface area contributed by atoms with Gasteiger partial charge in [0.15, 0.2) is 11.9 Å². The van der Waals surface area contributed by atoms with Crippen LogP contribution in [0.3, 0.4) is 0 Å². The minimum atomic E-state index is -0.159. The summed E-state index contributed by atoms with van der Waals surface area (Å²) in [4.78, 5) is 24.6. The predicted octanol–water partition coefficient (Wildman–Crippen LogP) is 6.04. The number of rotatable bonds is 5.